The van der Waals surface area contributed by atoms with E-state index in [-0.39, 0.29) is 12.0 Å². The summed E-state index contributed by atoms with van der Waals surface area (Å²) in [4.78, 5) is 14.5. The molecule has 1 amide bonds. The molecule has 2 fully saturated rings. The fourth-order valence-electron chi connectivity index (χ4n) is 3.78. The molecule has 1 saturated carbocycles. The number of amides is 1. The molecule has 7 heteroatoms. The molecule has 26 heavy (non-hydrogen) atoms. The SMILES string of the molecule is NC1CCC(n2cc(C(=O)N3CC[C@H](Oc4ccccc4)C3)nn2)CC1. The van der Waals surface area contributed by atoms with E-state index in [0.29, 0.717) is 30.9 Å². The number of para-hydroxylation sites is 1. The van der Waals surface area contributed by atoms with Gasteiger partial charge < -0.3 is 15.4 Å². The van der Waals surface area contributed by atoms with Gasteiger partial charge in [-0.05, 0) is 37.8 Å². The minimum absolute atomic E-state index is 0.0243. The minimum atomic E-state index is -0.0667. The van der Waals surface area contributed by atoms with Gasteiger partial charge in [-0.15, -0.1) is 5.10 Å². The lowest BCUT2D eigenvalue weighted by Gasteiger charge is -2.25. The summed E-state index contributed by atoms with van der Waals surface area (Å²) < 4.78 is 7.80. The summed E-state index contributed by atoms with van der Waals surface area (Å²) in [5.74, 6) is 0.774. The highest BCUT2D eigenvalue weighted by Crippen LogP contribution is 2.27. The highest BCUT2D eigenvalue weighted by Gasteiger charge is 2.30. The summed E-state index contributed by atoms with van der Waals surface area (Å²) in [6.07, 6.45) is 6.63. The predicted molar refractivity (Wildman–Crippen MR) is 96.9 cm³/mol. The van der Waals surface area contributed by atoms with Crippen LogP contribution in [0.5, 0.6) is 5.75 Å². The van der Waals surface area contributed by atoms with E-state index in [1.807, 2.05) is 35.0 Å². The van der Waals surface area contributed by atoms with Crippen LogP contribution in [0.15, 0.2) is 36.5 Å². The average Bonchev–Trinajstić information content (AvgIpc) is 3.33. The number of carbonyl (C=O) groups is 1. The van der Waals surface area contributed by atoms with Crippen LogP contribution in [-0.2, 0) is 0 Å². The first-order chi connectivity index (χ1) is 12.7. The third-order valence-electron chi connectivity index (χ3n) is 5.32. The van der Waals surface area contributed by atoms with Crippen LogP contribution in [0.3, 0.4) is 0 Å². The quantitative estimate of drug-likeness (QED) is 0.907. The van der Waals surface area contributed by atoms with Gasteiger partial charge in [-0.2, -0.15) is 0 Å². The molecular formula is C19H25N5O2. The van der Waals surface area contributed by atoms with Gasteiger partial charge in [-0.1, -0.05) is 23.4 Å². The Morgan fingerprint density at radius 3 is 2.65 bits per heavy atom. The maximum Gasteiger partial charge on any atom is 0.276 e. The second-order valence-electron chi connectivity index (χ2n) is 7.25. The molecule has 2 N–H and O–H groups in total. The molecule has 138 valence electrons. The number of hydrogen-bond donors (Lipinski definition) is 1. The van der Waals surface area contributed by atoms with Crippen LogP contribution in [0.25, 0.3) is 0 Å². The van der Waals surface area contributed by atoms with E-state index in [2.05, 4.69) is 10.3 Å². The Balaban J connectivity index is 1.35. The van der Waals surface area contributed by atoms with Crippen molar-refractivity contribution >= 4 is 5.91 Å². The zero-order valence-electron chi connectivity index (χ0n) is 14.8. The first-order valence-corrected chi connectivity index (χ1v) is 9.37. The molecule has 1 aromatic heterocycles. The van der Waals surface area contributed by atoms with Crippen LogP contribution >= 0.6 is 0 Å². The highest BCUT2D eigenvalue weighted by molar-refractivity contribution is 5.92. The van der Waals surface area contributed by atoms with E-state index < -0.39 is 0 Å². The minimum Gasteiger partial charge on any atom is -0.489 e. The van der Waals surface area contributed by atoms with Gasteiger partial charge in [0, 0.05) is 19.0 Å². The van der Waals surface area contributed by atoms with E-state index >= 15 is 0 Å². The Labute approximate surface area is 153 Å². The molecule has 2 heterocycles. The Bertz CT molecular complexity index is 739. The second kappa shape index (κ2) is 7.45. The molecule has 2 aromatic rings. The van der Waals surface area contributed by atoms with Crippen molar-refractivity contribution in [2.24, 2.45) is 5.73 Å². The van der Waals surface area contributed by atoms with E-state index in [1.54, 1.807) is 11.1 Å². The van der Waals surface area contributed by atoms with Gasteiger partial charge in [0.05, 0.1) is 18.8 Å². The number of likely N-dealkylation sites (tertiary alicyclic amines) is 1. The smallest absolute Gasteiger partial charge is 0.276 e. The van der Waals surface area contributed by atoms with Crippen LogP contribution in [-0.4, -0.2) is 51.0 Å². The first kappa shape index (κ1) is 17.0. The lowest BCUT2D eigenvalue weighted by Crippen LogP contribution is -2.31. The summed E-state index contributed by atoms with van der Waals surface area (Å²) in [5.41, 5.74) is 6.38. The van der Waals surface area contributed by atoms with Crippen molar-refractivity contribution < 1.29 is 9.53 Å². The van der Waals surface area contributed by atoms with Gasteiger partial charge in [0.1, 0.15) is 11.9 Å². The zero-order valence-corrected chi connectivity index (χ0v) is 14.8. The first-order valence-electron chi connectivity index (χ1n) is 9.37. The number of nitrogens with zero attached hydrogens (tertiary/aromatic N) is 4. The topological polar surface area (TPSA) is 86.3 Å². The molecule has 0 radical (unpaired) electrons. The molecule has 1 aliphatic heterocycles. The lowest BCUT2D eigenvalue weighted by atomic mass is 9.92. The van der Waals surface area contributed by atoms with Gasteiger partial charge in [0.2, 0.25) is 0 Å². The number of hydrogen-bond acceptors (Lipinski definition) is 5. The van der Waals surface area contributed by atoms with Gasteiger partial charge >= 0.3 is 0 Å². The summed E-state index contributed by atoms with van der Waals surface area (Å²) in [6.45, 7) is 1.26. The third kappa shape index (κ3) is 3.72. The molecule has 0 bridgehead atoms. The Morgan fingerprint density at radius 2 is 1.88 bits per heavy atom. The van der Waals surface area contributed by atoms with Crippen LogP contribution < -0.4 is 10.5 Å². The van der Waals surface area contributed by atoms with Crippen molar-refractivity contribution in [2.45, 2.75) is 50.3 Å². The maximum atomic E-state index is 12.7. The molecule has 1 aliphatic carbocycles. The molecule has 2 aliphatic rings. The second-order valence-corrected chi connectivity index (χ2v) is 7.25. The average molecular weight is 355 g/mol. The Morgan fingerprint density at radius 1 is 1.12 bits per heavy atom. The fourth-order valence-corrected chi connectivity index (χ4v) is 3.78. The van der Waals surface area contributed by atoms with E-state index in [9.17, 15) is 4.79 Å². The molecule has 1 atom stereocenters. The third-order valence-corrected chi connectivity index (χ3v) is 5.32. The maximum absolute atomic E-state index is 12.7. The number of aromatic nitrogens is 3. The summed E-state index contributed by atoms with van der Waals surface area (Å²) in [7, 11) is 0. The van der Waals surface area contributed by atoms with Crippen molar-refractivity contribution in [3.63, 3.8) is 0 Å². The van der Waals surface area contributed by atoms with Crippen molar-refractivity contribution in [2.75, 3.05) is 13.1 Å². The monoisotopic (exact) mass is 355 g/mol. The molecular weight excluding hydrogens is 330 g/mol. The number of nitrogens with two attached hydrogens (primary N) is 1. The summed E-state index contributed by atoms with van der Waals surface area (Å²) in [6, 6.07) is 10.3. The van der Waals surface area contributed by atoms with Crippen LogP contribution in [0.1, 0.15) is 48.6 Å². The molecule has 1 aromatic carbocycles. The van der Waals surface area contributed by atoms with E-state index in [4.69, 9.17) is 10.5 Å². The fraction of sp³-hybridized carbons (Fsp3) is 0.526. The van der Waals surface area contributed by atoms with Crippen molar-refractivity contribution in [3.8, 4) is 5.75 Å². The molecule has 7 nitrogen and oxygen atoms in total. The van der Waals surface area contributed by atoms with Crippen LogP contribution in [0, 0.1) is 0 Å². The normalized spacial score (nSPS) is 26.0. The number of rotatable bonds is 4. The van der Waals surface area contributed by atoms with Gasteiger partial charge in [0.15, 0.2) is 5.69 Å². The van der Waals surface area contributed by atoms with Crippen molar-refractivity contribution in [3.05, 3.63) is 42.2 Å². The number of ether oxygens (including phenoxy) is 1. The van der Waals surface area contributed by atoms with Crippen LogP contribution in [0.4, 0.5) is 0 Å². The summed E-state index contributed by atoms with van der Waals surface area (Å²) in [5, 5.41) is 8.30. The van der Waals surface area contributed by atoms with Crippen molar-refractivity contribution in [1.29, 1.82) is 0 Å². The van der Waals surface area contributed by atoms with Gasteiger partial charge in [-0.25, -0.2) is 4.68 Å². The molecule has 4 rings (SSSR count). The largest absolute Gasteiger partial charge is 0.489 e. The Hall–Kier alpha value is -2.41. The van der Waals surface area contributed by atoms with Gasteiger partial charge in [-0.3, -0.25) is 4.79 Å². The standard InChI is InChI=1S/C19H25N5O2/c20-14-6-8-15(9-7-14)24-13-18(21-22-24)19(25)23-11-10-17(12-23)26-16-4-2-1-3-5-16/h1-5,13-15,17H,6-12,20H2/t14?,15?,17-/m0/s1. The highest BCUT2D eigenvalue weighted by atomic mass is 16.5. The molecule has 0 unspecified atom stereocenters. The van der Waals surface area contributed by atoms with Crippen LogP contribution in [0.2, 0.25) is 0 Å². The van der Waals surface area contributed by atoms with Gasteiger partial charge in [0.25, 0.3) is 5.91 Å². The molecule has 0 spiro atoms. The van der Waals surface area contributed by atoms with Crippen molar-refractivity contribution in [1.82, 2.24) is 19.9 Å². The lowest BCUT2D eigenvalue weighted by molar-refractivity contribution is 0.0766. The predicted octanol–water partition coefficient (Wildman–Crippen LogP) is 2.01. The number of benzene rings is 1. The zero-order chi connectivity index (χ0) is 17.9. The summed E-state index contributed by atoms with van der Waals surface area (Å²) >= 11 is 0. The number of carbonyl (C=O) groups excluding carboxylic acids is 1. The molecule has 1 saturated heterocycles. The van der Waals surface area contributed by atoms with E-state index in [0.717, 1.165) is 37.9 Å². The van der Waals surface area contributed by atoms with E-state index in [1.165, 1.54) is 0 Å². The Kier molecular flexibility index (Phi) is 4.88.